The summed E-state index contributed by atoms with van der Waals surface area (Å²) in [5.41, 5.74) is 3.58. The van der Waals surface area contributed by atoms with Crippen molar-refractivity contribution >= 4 is 46.2 Å². The van der Waals surface area contributed by atoms with Crippen LogP contribution in [0.3, 0.4) is 0 Å². The van der Waals surface area contributed by atoms with Gasteiger partial charge >= 0.3 is 0 Å². The third kappa shape index (κ3) is 7.20. The Morgan fingerprint density at radius 3 is 2.50 bits per heavy atom. The normalized spacial score (nSPS) is 19.3. The molecule has 2 aromatic rings. The molecule has 1 aliphatic rings. The zero-order chi connectivity index (χ0) is 26.4. The number of rotatable bonds is 8. The van der Waals surface area contributed by atoms with Crippen LogP contribution in [0.1, 0.15) is 76.0 Å². The van der Waals surface area contributed by atoms with E-state index in [1.807, 2.05) is 19.1 Å². The molecule has 0 saturated heterocycles. The molecule has 1 N–H and O–H groups in total. The molecule has 0 heterocycles. The molecule has 0 radical (unpaired) electrons. The van der Waals surface area contributed by atoms with Crippen LogP contribution in [-0.2, 0) is 22.4 Å². The second kappa shape index (κ2) is 12.9. The second-order valence-corrected chi connectivity index (χ2v) is 10.9. The van der Waals surface area contributed by atoms with Crippen LogP contribution >= 0.6 is 23.2 Å². The summed E-state index contributed by atoms with van der Waals surface area (Å²) in [5, 5.41) is 4.27. The van der Waals surface area contributed by atoms with Gasteiger partial charge in [-0.25, -0.2) is 4.39 Å². The maximum Gasteiger partial charge on any atom is 0.227 e. The van der Waals surface area contributed by atoms with Gasteiger partial charge in [-0.15, -0.1) is 0 Å². The number of allylic oxidation sites excluding steroid dienone is 1. The van der Waals surface area contributed by atoms with Crippen molar-refractivity contribution in [2.75, 3.05) is 5.32 Å². The van der Waals surface area contributed by atoms with Crippen LogP contribution in [0, 0.1) is 23.6 Å². The highest BCUT2D eigenvalue weighted by molar-refractivity contribution is 6.36. The van der Waals surface area contributed by atoms with E-state index in [0.29, 0.717) is 46.1 Å². The topological polar surface area (TPSA) is 46.2 Å². The second-order valence-electron chi connectivity index (χ2n) is 10.1. The standard InChI is InChI=1S/C30H36Cl2FNO2/c1-5-20-15-26(31)24(27(32)16-20)12-9-22-8-6-7-21(10-14-29(22)35)19(4)30(36)34-23-11-13-28(33)25(17-23)18(2)3/h11,13,15-17,19,21-22H,2,5-10,12,14H2,1,3-4H3,(H,34,36). The first kappa shape index (κ1) is 28.4. The van der Waals surface area contributed by atoms with Gasteiger partial charge in [0.05, 0.1) is 0 Å². The number of carbonyl (C=O) groups excluding carboxylic acids is 2. The van der Waals surface area contributed by atoms with Crippen molar-refractivity contribution in [1.29, 1.82) is 0 Å². The van der Waals surface area contributed by atoms with Crippen molar-refractivity contribution in [3.05, 3.63) is 69.5 Å². The van der Waals surface area contributed by atoms with Gasteiger partial charge in [-0.2, -0.15) is 0 Å². The van der Waals surface area contributed by atoms with E-state index in [0.717, 1.165) is 43.2 Å². The fourth-order valence-corrected chi connectivity index (χ4v) is 5.81. The highest BCUT2D eigenvalue weighted by Gasteiger charge is 2.29. The van der Waals surface area contributed by atoms with Gasteiger partial charge in [-0.3, -0.25) is 9.59 Å². The van der Waals surface area contributed by atoms with E-state index in [9.17, 15) is 14.0 Å². The highest BCUT2D eigenvalue weighted by Crippen LogP contribution is 2.34. The smallest absolute Gasteiger partial charge is 0.227 e. The van der Waals surface area contributed by atoms with Crippen molar-refractivity contribution in [3.8, 4) is 0 Å². The van der Waals surface area contributed by atoms with Gasteiger partial charge in [0.25, 0.3) is 0 Å². The molecule has 1 fully saturated rings. The maximum absolute atomic E-state index is 14.0. The summed E-state index contributed by atoms with van der Waals surface area (Å²) in [7, 11) is 0. The number of aryl methyl sites for hydroxylation is 1. The van der Waals surface area contributed by atoms with Gasteiger partial charge in [-0.05, 0) is 98.4 Å². The molecule has 1 saturated carbocycles. The van der Waals surface area contributed by atoms with Gasteiger partial charge in [0.1, 0.15) is 11.6 Å². The Balaban J connectivity index is 1.56. The van der Waals surface area contributed by atoms with Crippen molar-refractivity contribution in [3.63, 3.8) is 0 Å². The van der Waals surface area contributed by atoms with Crippen molar-refractivity contribution in [2.24, 2.45) is 17.8 Å². The molecule has 1 aliphatic carbocycles. The molecule has 0 aromatic heterocycles. The number of ketones is 1. The third-order valence-electron chi connectivity index (χ3n) is 7.51. The van der Waals surface area contributed by atoms with Crippen molar-refractivity contribution in [1.82, 2.24) is 0 Å². The van der Waals surface area contributed by atoms with Crippen molar-refractivity contribution < 1.29 is 14.0 Å². The first-order chi connectivity index (χ1) is 17.1. The minimum Gasteiger partial charge on any atom is -0.326 e. The Morgan fingerprint density at radius 1 is 1.17 bits per heavy atom. The number of nitrogens with one attached hydrogen (secondary N) is 1. The summed E-state index contributed by atoms with van der Waals surface area (Å²) in [6, 6.07) is 8.45. The molecule has 0 spiro atoms. The Kier molecular flexibility index (Phi) is 10.2. The Bertz CT molecular complexity index is 1110. The zero-order valence-corrected chi connectivity index (χ0v) is 22.9. The lowest BCUT2D eigenvalue weighted by atomic mass is 9.78. The Hall–Kier alpha value is -2.17. The summed E-state index contributed by atoms with van der Waals surface area (Å²) in [5.74, 6) is -0.334. The lowest BCUT2D eigenvalue weighted by Gasteiger charge is -2.27. The number of benzene rings is 2. The van der Waals surface area contributed by atoms with Gasteiger partial charge in [-0.1, -0.05) is 50.0 Å². The molecule has 1 amide bonds. The average Bonchev–Trinajstić information content (AvgIpc) is 2.83. The fourth-order valence-electron chi connectivity index (χ4n) is 5.09. The van der Waals surface area contributed by atoms with Crippen molar-refractivity contribution in [2.45, 2.75) is 72.1 Å². The molecule has 6 heteroatoms. The molecule has 3 nitrogen and oxygen atoms in total. The van der Waals surface area contributed by atoms with Gasteiger partial charge in [0.15, 0.2) is 0 Å². The van der Waals surface area contributed by atoms with Gasteiger partial charge < -0.3 is 5.32 Å². The van der Waals surface area contributed by atoms with Crippen LogP contribution in [0.2, 0.25) is 10.0 Å². The first-order valence-electron chi connectivity index (χ1n) is 12.9. The molecule has 0 aliphatic heterocycles. The number of amides is 1. The van der Waals surface area contributed by atoms with Gasteiger partial charge in [0.2, 0.25) is 5.91 Å². The SMILES string of the molecule is C=C(C)c1cc(NC(=O)C(C)C2CCCC(CCc3c(Cl)cc(CC)cc3Cl)C(=O)CC2)ccc1F. The van der Waals surface area contributed by atoms with E-state index in [1.54, 1.807) is 19.1 Å². The largest absolute Gasteiger partial charge is 0.326 e. The van der Waals surface area contributed by atoms with E-state index in [-0.39, 0.29) is 35.3 Å². The summed E-state index contributed by atoms with van der Waals surface area (Å²) >= 11 is 12.9. The summed E-state index contributed by atoms with van der Waals surface area (Å²) in [6.07, 6.45) is 6.06. The number of hydrogen-bond donors (Lipinski definition) is 1. The monoisotopic (exact) mass is 531 g/mol. The number of halogens is 3. The molecular weight excluding hydrogens is 496 g/mol. The van der Waals surface area contributed by atoms with Gasteiger partial charge in [0, 0.05) is 39.6 Å². The molecule has 3 rings (SSSR count). The first-order valence-corrected chi connectivity index (χ1v) is 13.6. The molecule has 2 aromatic carbocycles. The van der Waals surface area contributed by atoms with E-state index in [1.165, 1.54) is 6.07 Å². The Labute approximate surface area is 224 Å². The number of hydrogen-bond acceptors (Lipinski definition) is 2. The molecule has 194 valence electrons. The molecule has 3 unspecified atom stereocenters. The number of Topliss-reactive ketones (excluding diaryl/α,β-unsaturated/α-hetero) is 1. The maximum atomic E-state index is 14.0. The predicted molar refractivity (Wildman–Crippen MR) is 148 cm³/mol. The minimum atomic E-state index is -0.357. The quantitative estimate of drug-likeness (QED) is 0.370. The van der Waals surface area contributed by atoms with Crippen LogP contribution in [0.25, 0.3) is 5.57 Å². The molecular formula is C30H36Cl2FNO2. The van der Waals surface area contributed by atoms with E-state index < -0.39 is 0 Å². The fraction of sp³-hybridized carbons (Fsp3) is 0.467. The number of anilines is 1. The molecule has 3 atom stereocenters. The van der Waals surface area contributed by atoms with E-state index >= 15 is 0 Å². The molecule has 36 heavy (non-hydrogen) atoms. The van der Waals surface area contributed by atoms with E-state index in [4.69, 9.17) is 23.2 Å². The summed E-state index contributed by atoms with van der Waals surface area (Å²) in [4.78, 5) is 26.0. The lowest BCUT2D eigenvalue weighted by Crippen LogP contribution is -2.29. The highest BCUT2D eigenvalue weighted by atomic mass is 35.5. The summed E-state index contributed by atoms with van der Waals surface area (Å²) in [6.45, 7) is 9.51. The van der Waals surface area contributed by atoms with E-state index in [2.05, 4.69) is 18.8 Å². The zero-order valence-electron chi connectivity index (χ0n) is 21.4. The van der Waals surface area contributed by atoms with Crippen LogP contribution in [-0.4, -0.2) is 11.7 Å². The minimum absolute atomic E-state index is 0.00662. The average molecular weight is 533 g/mol. The van der Waals surface area contributed by atoms with Crippen LogP contribution < -0.4 is 5.32 Å². The van der Waals surface area contributed by atoms with Crippen LogP contribution in [0.4, 0.5) is 10.1 Å². The summed E-state index contributed by atoms with van der Waals surface area (Å²) < 4.78 is 14.0. The van der Waals surface area contributed by atoms with Crippen LogP contribution in [0.15, 0.2) is 36.9 Å². The predicted octanol–water partition coefficient (Wildman–Crippen LogP) is 8.70. The van der Waals surface area contributed by atoms with Crippen LogP contribution in [0.5, 0.6) is 0 Å². The Morgan fingerprint density at radius 2 is 1.86 bits per heavy atom. The molecule has 0 bridgehead atoms. The lowest BCUT2D eigenvalue weighted by molar-refractivity contribution is -0.126. The third-order valence-corrected chi connectivity index (χ3v) is 8.19. The number of carbonyl (C=O) groups is 2.